The van der Waals surface area contributed by atoms with Crippen molar-refractivity contribution in [3.05, 3.63) is 49.8 Å². The van der Waals surface area contributed by atoms with Crippen molar-refractivity contribution in [3.8, 4) is 17.3 Å². The van der Waals surface area contributed by atoms with E-state index >= 15 is 0 Å². The molecule has 0 aliphatic rings. The summed E-state index contributed by atoms with van der Waals surface area (Å²) in [5.74, 6) is -1.49. The number of aromatic nitrogens is 2. The van der Waals surface area contributed by atoms with Crippen LogP contribution < -0.4 is 5.56 Å². The van der Waals surface area contributed by atoms with Crippen LogP contribution in [-0.4, -0.2) is 32.2 Å². The lowest BCUT2D eigenvalue weighted by Crippen LogP contribution is -2.15. The van der Waals surface area contributed by atoms with Crippen LogP contribution in [0.25, 0.3) is 11.3 Å². The van der Waals surface area contributed by atoms with Crippen LogP contribution in [0.2, 0.25) is 0 Å². The summed E-state index contributed by atoms with van der Waals surface area (Å²) in [4.78, 5) is 39.9. The summed E-state index contributed by atoms with van der Waals surface area (Å²) in [5.41, 5.74) is -2.88. The van der Waals surface area contributed by atoms with Gasteiger partial charge in [-0.2, -0.15) is 5.26 Å². The first kappa shape index (κ1) is 16.2. The highest BCUT2D eigenvalue weighted by molar-refractivity contribution is 7.98. The molecule has 9 nitrogen and oxygen atoms in total. The van der Waals surface area contributed by atoms with Gasteiger partial charge in [-0.15, -0.1) is 0 Å². The fraction of sp³-hybridized carbons (Fsp3) is 0.0769. The van der Waals surface area contributed by atoms with Gasteiger partial charge in [0.15, 0.2) is 5.16 Å². The van der Waals surface area contributed by atoms with E-state index in [1.807, 2.05) is 0 Å². The van der Waals surface area contributed by atoms with Crippen LogP contribution in [0, 0.1) is 21.4 Å². The Morgan fingerprint density at radius 1 is 1.52 bits per heavy atom. The smallest absolute Gasteiger partial charge is 0.342 e. The van der Waals surface area contributed by atoms with Gasteiger partial charge in [-0.1, -0.05) is 17.8 Å². The van der Waals surface area contributed by atoms with Crippen LogP contribution in [-0.2, 0) is 0 Å². The van der Waals surface area contributed by atoms with Crippen LogP contribution in [0.4, 0.5) is 5.69 Å². The van der Waals surface area contributed by atoms with Crippen LogP contribution in [0.1, 0.15) is 15.9 Å². The number of benzene rings is 1. The summed E-state index contributed by atoms with van der Waals surface area (Å²) in [6.07, 6.45) is 1.62. The van der Waals surface area contributed by atoms with Gasteiger partial charge in [-0.05, 0) is 18.4 Å². The number of carboxylic acid groups (broad SMARTS) is 1. The molecule has 0 saturated heterocycles. The lowest BCUT2D eigenvalue weighted by Gasteiger charge is -2.07. The Hall–Kier alpha value is -3.19. The normalized spacial score (nSPS) is 10.1. The molecule has 0 amide bonds. The Morgan fingerprint density at radius 2 is 2.22 bits per heavy atom. The summed E-state index contributed by atoms with van der Waals surface area (Å²) < 4.78 is 0. The van der Waals surface area contributed by atoms with Gasteiger partial charge in [0.1, 0.15) is 22.9 Å². The average molecular weight is 332 g/mol. The molecule has 0 aliphatic heterocycles. The maximum Gasteiger partial charge on any atom is 0.342 e. The molecule has 2 rings (SSSR count). The molecule has 0 spiro atoms. The van der Waals surface area contributed by atoms with E-state index < -0.39 is 33.3 Å². The van der Waals surface area contributed by atoms with Crippen LogP contribution in [0.15, 0.2) is 28.2 Å². The van der Waals surface area contributed by atoms with E-state index in [0.717, 1.165) is 17.8 Å². The molecule has 0 saturated carbocycles. The van der Waals surface area contributed by atoms with Gasteiger partial charge in [0.2, 0.25) is 0 Å². The van der Waals surface area contributed by atoms with Crippen molar-refractivity contribution in [3.63, 3.8) is 0 Å². The number of aromatic carboxylic acids is 1. The molecule has 2 N–H and O–H groups in total. The highest BCUT2D eigenvalue weighted by atomic mass is 32.2. The minimum atomic E-state index is -1.49. The number of nitrogens with zero attached hydrogens (tertiary/aromatic N) is 3. The molecule has 0 bridgehead atoms. The largest absolute Gasteiger partial charge is 0.477 e. The first-order chi connectivity index (χ1) is 10.9. The summed E-state index contributed by atoms with van der Waals surface area (Å²) >= 11 is 1.07. The predicted molar refractivity (Wildman–Crippen MR) is 80.4 cm³/mol. The number of nitro benzene ring substituents is 1. The van der Waals surface area contributed by atoms with Crippen molar-refractivity contribution < 1.29 is 14.8 Å². The molecule has 1 aromatic carbocycles. The zero-order chi connectivity index (χ0) is 17.1. The van der Waals surface area contributed by atoms with Crippen molar-refractivity contribution in [2.24, 2.45) is 0 Å². The van der Waals surface area contributed by atoms with E-state index in [1.54, 1.807) is 12.3 Å². The fourth-order valence-corrected chi connectivity index (χ4v) is 2.33. The van der Waals surface area contributed by atoms with Gasteiger partial charge in [0, 0.05) is 0 Å². The second kappa shape index (κ2) is 6.29. The van der Waals surface area contributed by atoms with Crippen molar-refractivity contribution in [2.75, 3.05) is 6.26 Å². The molecular formula is C13H8N4O5S. The van der Waals surface area contributed by atoms with E-state index in [2.05, 4.69) is 9.97 Å². The van der Waals surface area contributed by atoms with E-state index in [9.17, 15) is 19.7 Å². The minimum Gasteiger partial charge on any atom is -0.477 e. The summed E-state index contributed by atoms with van der Waals surface area (Å²) in [6.45, 7) is 0. The van der Waals surface area contributed by atoms with E-state index in [1.165, 1.54) is 12.1 Å². The van der Waals surface area contributed by atoms with Gasteiger partial charge < -0.3 is 10.1 Å². The van der Waals surface area contributed by atoms with Crippen LogP contribution in [0.5, 0.6) is 0 Å². The van der Waals surface area contributed by atoms with Crippen molar-refractivity contribution in [1.29, 1.82) is 5.26 Å². The second-order valence-corrected chi connectivity index (χ2v) is 4.97. The van der Waals surface area contributed by atoms with Crippen molar-refractivity contribution in [1.82, 2.24) is 9.97 Å². The Labute approximate surface area is 132 Å². The molecule has 0 atom stereocenters. The molecule has 0 unspecified atom stereocenters. The number of hydrogen-bond donors (Lipinski definition) is 2. The van der Waals surface area contributed by atoms with Gasteiger partial charge in [0.05, 0.1) is 10.5 Å². The highest BCUT2D eigenvalue weighted by Gasteiger charge is 2.28. The van der Waals surface area contributed by atoms with Crippen LogP contribution >= 0.6 is 11.8 Å². The number of nitro groups is 1. The molecule has 23 heavy (non-hydrogen) atoms. The quantitative estimate of drug-likeness (QED) is 0.371. The Bertz CT molecular complexity index is 916. The predicted octanol–water partition coefficient (Wildman–Crippen LogP) is 1.64. The molecule has 116 valence electrons. The first-order valence-electron chi connectivity index (χ1n) is 6.00. The number of hydrogen-bond acceptors (Lipinski definition) is 7. The number of aromatic amines is 1. The zero-order valence-corrected chi connectivity index (χ0v) is 12.4. The first-order valence-corrected chi connectivity index (χ1v) is 7.22. The van der Waals surface area contributed by atoms with Gasteiger partial charge in [-0.3, -0.25) is 14.9 Å². The number of para-hydroxylation sites is 1. The topological polar surface area (TPSA) is 150 Å². The highest BCUT2D eigenvalue weighted by Crippen LogP contribution is 2.33. The summed E-state index contributed by atoms with van der Waals surface area (Å²) in [7, 11) is 0. The summed E-state index contributed by atoms with van der Waals surface area (Å²) in [6, 6.07) is 5.24. The van der Waals surface area contributed by atoms with E-state index in [4.69, 9.17) is 10.4 Å². The van der Waals surface area contributed by atoms with E-state index in [-0.39, 0.29) is 16.4 Å². The van der Waals surface area contributed by atoms with Crippen molar-refractivity contribution in [2.45, 2.75) is 5.16 Å². The summed E-state index contributed by atoms with van der Waals surface area (Å²) in [5, 5.41) is 29.7. The SMILES string of the molecule is CSc1nc(-c2cccc(C(=O)O)c2[N+](=O)[O-])c(C#N)c(=O)[nH]1. The molecule has 0 aliphatic carbocycles. The van der Waals surface area contributed by atoms with Gasteiger partial charge in [0.25, 0.3) is 11.2 Å². The van der Waals surface area contributed by atoms with Gasteiger partial charge in [-0.25, -0.2) is 9.78 Å². The molecule has 0 fully saturated rings. The molecule has 10 heteroatoms. The third-order valence-electron chi connectivity index (χ3n) is 2.91. The van der Waals surface area contributed by atoms with E-state index in [0.29, 0.717) is 0 Å². The Kier molecular flexibility index (Phi) is 4.42. The number of H-pyrrole nitrogens is 1. The number of nitrogens with one attached hydrogen (secondary N) is 1. The maximum atomic E-state index is 11.9. The average Bonchev–Trinajstić information content (AvgIpc) is 2.52. The lowest BCUT2D eigenvalue weighted by molar-refractivity contribution is -0.384. The van der Waals surface area contributed by atoms with Gasteiger partial charge >= 0.3 is 5.97 Å². The van der Waals surface area contributed by atoms with Crippen molar-refractivity contribution >= 4 is 23.4 Å². The lowest BCUT2D eigenvalue weighted by atomic mass is 10.0. The number of carboxylic acids is 1. The zero-order valence-electron chi connectivity index (χ0n) is 11.6. The molecule has 1 heterocycles. The third-order valence-corrected chi connectivity index (χ3v) is 3.49. The standard InChI is InChI=1S/C13H8N4O5S/c1-23-13-15-9(8(5-14)11(18)16-13)6-3-2-4-7(12(19)20)10(6)17(21)22/h2-4H,1H3,(H,19,20)(H,15,16,18). The molecule has 1 aromatic heterocycles. The number of rotatable bonds is 4. The Morgan fingerprint density at radius 3 is 2.74 bits per heavy atom. The number of thioether (sulfide) groups is 1. The third kappa shape index (κ3) is 2.90. The molecule has 0 radical (unpaired) electrons. The molecular weight excluding hydrogens is 324 g/mol. The number of nitriles is 1. The minimum absolute atomic E-state index is 0.152. The number of carbonyl (C=O) groups is 1. The Balaban J connectivity index is 2.93. The fourth-order valence-electron chi connectivity index (χ4n) is 1.95. The second-order valence-electron chi connectivity index (χ2n) is 4.17. The monoisotopic (exact) mass is 332 g/mol. The maximum absolute atomic E-state index is 11.9. The molecule has 2 aromatic rings. The van der Waals surface area contributed by atoms with Crippen LogP contribution in [0.3, 0.4) is 0 Å².